The molecule has 0 radical (unpaired) electrons. The molecule has 2 aromatic rings. The van der Waals surface area contributed by atoms with Gasteiger partial charge in [0.1, 0.15) is 5.01 Å². The maximum Gasteiger partial charge on any atom is 0.107 e. The number of nitrogens with zero attached hydrogens (tertiary/aromatic N) is 2. The lowest BCUT2D eigenvalue weighted by molar-refractivity contribution is 0.551. The fourth-order valence-corrected chi connectivity index (χ4v) is 3.05. The number of aryl methyl sites for hydroxylation is 1. The molecule has 0 fully saturated rings. The first-order valence-electron chi connectivity index (χ1n) is 7.47. The van der Waals surface area contributed by atoms with Crippen molar-refractivity contribution in [2.45, 2.75) is 33.9 Å². The van der Waals surface area contributed by atoms with Crippen molar-refractivity contribution in [2.75, 3.05) is 18.5 Å². The molecule has 0 amide bonds. The van der Waals surface area contributed by atoms with Crippen LogP contribution < -0.4 is 10.2 Å². The van der Waals surface area contributed by atoms with Crippen LogP contribution in [-0.4, -0.2) is 18.6 Å². The van der Waals surface area contributed by atoms with E-state index in [4.69, 9.17) is 4.98 Å². The van der Waals surface area contributed by atoms with Crippen molar-refractivity contribution in [3.05, 3.63) is 45.9 Å². The van der Waals surface area contributed by atoms with Gasteiger partial charge in [-0.05, 0) is 31.0 Å². The van der Waals surface area contributed by atoms with E-state index in [0.29, 0.717) is 5.92 Å². The van der Waals surface area contributed by atoms with E-state index in [1.165, 1.54) is 16.3 Å². The molecule has 0 aliphatic heterocycles. The number of para-hydroxylation sites is 1. The van der Waals surface area contributed by atoms with Gasteiger partial charge in [0.2, 0.25) is 0 Å². The lowest BCUT2D eigenvalue weighted by atomic mass is 10.2. The predicted molar refractivity (Wildman–Crippen MR) is 91.9 cm³/mol. The van der Waals surface area contributed by atoms with Crippen LogP contribution in [0.5, 0.6) is 0 Å². The van der Waals surface area contributed by atoms with Crippen LogP contribution in [0.2, 0.25) is 0 Å². The molecular weight excluding hydrogens is 278 g/mol. The molecule has 0 bridgehead atoms. The number of nitrogens with one attached hydrogen (secondary N) is 1. The first-order valence-corrected chi connectivity index (χ1v) is 8.35. The van der Waals surface area contributed by atoms with Crippen LogP contribution >= 0.6 is 11.3 Å². The van der Waals surface area contributed by atoms with E-state index in [9.17, 15) is 0 Å². The van der Waals surface area contributed by atoms with Crippen molar-refractivity contribution in [3.63, 3.8) is 0 Å². The van der Waals surface area contributed by atoms with Crippen LogP contribution in [0.15, 0.2) is 29.6 Å². The molecule has 0 saturated carbocycles. The van der Waals surface area contributed by atoms with Gasteiger partial charge in [-0.2, -0.15) is 0 Å². The number of aromatic nitrogens is 1. The van der Waals surface area contributed by atoms with Gasteiger partial charge in [0, 0.05) is 24.7 Å². The Morgan fingerprint density at radius 1 is 1.29 bits per heavy atom. The molecule has 1 N–H and O–H groups in total. The normalized spacial score (nSPS) is 11.1. The van der Waals surface area contributed by atoms with E-state index in [0.717, 1.165) is 25.3 Å². The second-order valence-corrected chi connectivity index (χ2v) is 6.84. The number of benzene rings is 1. The molecule has 21 heavy (non-hydrogen) atoms. The van der Waals surface area contributed by atoms with Gasteiger partial charge >= 0.3 is 0 Å². The van der Waals surface area contributed by atoms with Crippen molar-refractivity contribution in [2.24, 2.45) is 5.92 Å². The standard InChI is InChI=1S/C17H25N3S/c1-13(2)9-18-10-17-19-15(12-21-17)11-20(4)16-8-6-5-7-14(16)3/h5-8,12-13,18H,9-11H2,1-4H3. The van der Waals surface area contributed by atoms with E-state index in [1.807, 2.05) is 0 Å². The van der Waals surface area contributed by atoms with Gasteiger partial charge in [0.25, 0.3) is 0 Å². The number of thiazole rings is 1. The quantitative estimate of drug-likeness (QED) is 0.842. The van der Waals surface area contributed by atoms with Gasteiger partial charge in [-0.1, -0.05) is 32.0 Å². The van der Waals surface area contributed by atoms with Crippen molar-refractivity contribution in [3.8, 4) is 0 Å². The van der Waals surface area contributed by atoms with Crippen LogP contribution in [0.4, 0.5) is 5.69 Å². The van der Waals surface area contributed by atoms with E-state index < -0.39 is 0 Å². The number of hydrogen-bond donors (Lipinski definition) is 1. The fraction of sp³-hybridized carbons (Fsp3) is 0.471. The summed E-state index contributed by atoms with van der Waals surface area (Å²) in [6.07, 6.45) is 0. The van der Waals surface area contributed by atoms with Crippen molar-refractivity contribution >= 4 is 17.0 Å². The molecule has 1 aromatic carbocycles. The fourth-order valence-electron chi connectivity index (χ4n) is 2.29. The Kier molecular flexibility index (Phi) is 5.76. The molecule has 1 aromatic heterocycles. The van der Waals surface area contributed by atoms with Crippen LogP contribution in [0.25, 0.3) is 0 Å². The second kappa shape index (κ2) is 7.57. The van der Waals surface area contributed by atoms with Crippen LogP contribution in [-0.2, 0) is 13.1 Å². The first-order chi connectivity index (χ1) is 10.1. The zero-order chi connectivity index (χ0) is 15.2. The van der Waals surface area contributed by atoms with Gasteiger partial charge in [-0.25, -0.2) is 4.98 Å². The van der Waals surface area contributed by atoms with Gasteiger partial charge in [-0.3, -0.25) is 0 Å². The summed E-state index contributed by atoms with van der Waals surface area (Å²) in [5, 5.41) is 6.78. The Balaban J connectivity index is 1.91. The third-order valence-corrected chi connectivity index (χ3v) is 4.25. The summed E-state index contributed by atoms with van der Waals surface area (Å²) in [6.45, 7) is 9.35. The van der Waals surface area contributed by atoms with Crippen LogP contribution in [0, 0.1) is 12.8 Å². The Morgan fingerprint density at radius 3 is 2.76 bits per heavy atom. The van der Waals surface area contributed by atoms with E-state index in [2.05, 4.69) is 67.7 Å². The smallest absolute Gasteiger partial charge is 0.107 e. The minimum atomic E-state index is 0.677. The maximum atomic E-state index is 4.72. The highest BCUT2D eigenvalue weighted by atomic mass is 32.1. The molecule has 0 unspecified atom stereocenters. The van der Waals surface area contributed by atoms with Crippen molar-refractivity contribution in [1.29, 1.82) is 0 Å². The average molecular weight is 303 g/mol. The SMILES string of the molecule is Cc1ccccc1N(C)Cc1csc(CNCC(C)C)n1. The molecule has 1 heterocycles. The number of rotatable bonds is 7. The second-order valence-electron chi connectivity index (χ2n) is 5.90. The number of anilines is 1. The third-order valence-electron chi connectivity index (χ3n) is 3.35. The first kappa shape index (κ1) is 16.0. The Morgan fingerprint density at radius 2 is 2.05 bits per heavy atom. The number of hydrogen-bond acceptors (Lipinski definition) is 4. The highest BCUT2D eigenvalue weighted by molar-refractivity contribution is 7.09. The molecule has 0 spiro atoms. The maximum absolute atomic E-state index is 4.72. The van der Waals surface area contributed by atoms with E-state index in [-0.39, 0.29) is 0 Å². The lowest BCUT2D eigenvalue weighted by Crippen LogP contribution is -2.19. The Bertz CT molecular complexity index is 563. The molecule has 3 nitrogen and oxygen atoms in total. The largest absolute Gasteiger partial charge is 0.368 e. The van der Waals surface area contributed by atoms with E-state index in [1.54, 1.807) is 11.3 Å². The summed E-state index contributed by atoms with van der Waals surface area (Å²) in [5.74, 6) is 0.677. The van der Waals surface area contributed by atoms with Gasteiger partial charge in [0.15, 0.2) is 0 Å². The van der Waals surface area contributed by atoms with Crippen molar-refractivity contribution in [1.82, 2.24) is 10.3 Å². The lowest BCUT2D eigenvalue weighted by Gasteiger charge is -2.20. The molecular formula is C17H25N3S. The zero-order valence-electron chi connectivity index (χ0n) is 13.4. The highest BCUT2D eigenvalue weighted by Gasteiger charge is 2.08. The summed E-state index contributed by atoms with van der Waals surface area (Å²) in [5.41, 5.74) is 3.71. The molecule has 0 aliphatic carbocycles. The highest BCUT2D eigenvalue weighted by Crippen LogP contribution is 2.20. The summed E-state index contributed by atoms with van der Waals surface area (Å²) >= 11 is 1.74. The molecule has 4 heteroatoms. The molecule has 0 aliphatic rings. The topological polar surface area (TPSA) is 28.2 Å². The zero-order valence-corrected chi connectivity index (χ0v) is 14.2. The summed E-state index contributed by atoms with van der Waals surface area (Å²) in [6, 6.07) is 8.47. The summed E-state index contributed by atoms with van der Waals surface area (Å²) in [4.78, 5) is 6.98. The third kappa shape index (κ3) is 4.83. The summed E-state index contributed by atoms with van der Waals surface area (Å²) in [7, 11) is 2.12. The van der Waals surface area contributed by atoms with Gasteiger partial charge < -0.3 is 10.2 Å². The average Bonchev–Trinajstić information content (AvgIpc) is 2.86. The minimum Gasteiger partial charge on any atom is -0.368 e. The van der Waals surface area contributed by atoms with Gasteiger partial charge in [0.05, 0.1) is 12.2 Å². The monoisotopic (exact) mass is 303 g/mol. The summed E-state index contributed by atoms with van der Waals surface area (Å²) < 4.78 is 0. The Hall–Kier alpha value is -1.39. The van der Waals surface area contributed by atoms with Crippen molar-refractivity contribution < 1.29 is 0 Å². The molecule has 114 valence electrons. The van der Waals surface area contributed by atoms with E-state index >= 15 is 0 Å². The molecule has 0 atom stereocenters. The Labute approximate surface area is 132 Å². The molecule has 0 saturated heterocycles. The van der Waals surface area contributed by atoms with Gasteiger partial charge in [-0.15, -0.1) is 11.3 Å². The predicted octanol–water partition coefficient (Wildman–Crippen LogP) is 3.83. The van der Waals surface area contributed by atoms with Crippen LogP contribution in [0.1, 0.15) is 30.1 Å². The molecule has 2 rings (SSSR count). The van der Waals surface area contributed by atoms with Crippen LogP contribution in [0.3, 0.4) is 0 Å². The minimum absolute atomic E-state index is 0.677.